The van der Waals surface area contributed by atoms with Crippen LogP contribution in [0.3, 0.4) is 0 Å². The molecule has 0 aliphatic carbocycles. The smallest absolute Gasteiger partial charge is 0.236 e. The number of carbonyl (C=O) groups is 1. The van der Waals surface area contributed by atoms with E-state index in [1.807, 2.05) is 18.2 Å². The minimum Gasteiger partial charge on any atom is -0.497 e. The van der Waals surface area contributed by atoms with Gasteiger partial charge in [-0.25, -0.2) is 4.39 Å². The Morgan fingerprint density at radius 2 is 1.93 bits per heavy atom. The second kappa shape index (κ2) is 9.06. The number of rotatable bonds is 7. The van der Waals surface area contributed by atoms with Gasteiger partial charge in [-0.05, 0) is 43.1 Å². The lowest BCUT2D eigenvalue weighted by atomic mass is 10.0. The van der Waals surface area contributed by atoms with Crippen LogP contribution in [0.5, 0.6) is 11.5 Å². The Kier molecular flexibility index (Phi) is 6.52. The molecule has 0 radical (unpaired) electrons. The number of halogens is 1. The number of likely N-dealkylation sites (tertiary alicyclic amines) is 1. The highest BCUT2D eigenvalue weighted by atomic mass is 19.1. The first kappa shape index (κ1) is 20.1. The number of benzene rings is 2. The molecule has 3 rings (SSSR count). The summed E-state index contributed by atoms with van der Waals surface area (Å²) in [5.41, 5.74) is 1.99. The zero-order valence-corrected chi connectivity index (χ0v) is 16.7. The molecule has 0 N–H and O–H groups in total. The molecule has 0 aromatic heterocycles. The summed E-state index contributed by atoms with van der Waals surface area (Å²) in [4.78, 5) is 16.7. The van der Waals surface area contributed by atoms with E-state index >= 15 is 0 Å². The van der Waals surface area contributed by atoms with Crippen LogP contribution in [0.25, 0.3) is 0 Å². The SMILES string of the molecule is COc1ccc([C@@H]2CCCN2CC(=O)N(C)Cc2ccc(F)cc2)c(OC)c1. The highest BCUT2D eigenvalue weighted by Gasteiger charge is 2.30. The van der Waals surface area contributed by atoms with E-state index in [1.165, 1.54) is 12.1 Å². The van der Waals surface area contributed by atoms with Crippen molar-refractivity contribution in [2.24, 2.45) is 0 Å². The number of methoxy groups -OCH3 is 2. The molecule has 5 nitrogen and oxygen atoms in total. The average Bonchev–Trinajstić information content (AvgIpc) is 3.16. The lowest BCUT2D eigenvalue weighted by molar-refractivity contribution is -0.131. The van der Waals surface area contributed by atoms with Crippen LogP contribution in [-0.4, -0.2) is 50.1 Å². The second-order valence-electron chi connectivity index (χ2n) is 7.11. The van der Waals surface area contributed by atoms with Crippen molar-refractivity contribution in [3.8, 4) is 11.5 Å². The molecule has 0 unspecified atom stereocenters. The third kappa shape index (κ3) is 4.62. The second-order valence-corrected chi connectivity index (χ2v) is 7.11. The molecule has 1 aliphatic heterocycles. The molecule has 28 heavy (non-hydrogen) atoms. The third-order valence-corrected chi connectivity index (χ3v) is 5.26. The summed E-state index contributed by atoms with van der Waals surface area (Å²) in [5.74, 6) is 1.30. The van der Waals surface area contributed by atoms with Gasteiger partial charge >= 0.3 is 0 Å². The van der Waals surface area contributed by atoms with Gasteiger partial charge in [0.25, 0.3) is 0 Å². The van der Waals surface area contributed by atoms with Gasteiger partial charge in [-0.15, -0.1) is 0 Å². The quantitative estimate of drug-likeness (QED) is 0.729. The Morgan fingerprint density at radius 3 is 2.61 bits per heavy atom. The molecule has 2 aromatic carbocycles. The molecule has 0 saturated carbocycles. The van der Waals surface area contributed by atoms with Gasteiger partial charge in [0.1, 0.15) is 17.3 Å². The molecule has 150 valence electrons. The van der Waals surface area contributed by atoms with Crippen molar-refractivity contribution in [3.05, 3.63) is 59.4 Å². The maximum absolute atomic E-state index is 13.1. The Balaban J connectivity index is 1.67. The zero-order chi connectivity index (χ0) is 20.1. The van der Waals surface area contributed by atoms with E-state index < -0.39 is 0 Å². The topological polar surface area (TPSA) is 42.0 Å². The first-order valence-electron chi connectivity index (χ1n) is 9.46. The first-order valence-corrected chi connectivity index (χ1v) is 9.46. The molecule has 1 amide bonds. The van der Waals surface area contributed by atoms with Crippen LogP contribution in [0.15, 0.2) is 42.5 Å². The fraction of sp³-hybridized carbons (Fsp3) is 0.409. The lowest BCUT2D eigenvalue weighted by Gasteiger charge is -2.28. The molecule has 1 fully saturated rings. The fourth-order valence-corrected chi connectivity index (χ4v) is 3.71. The molecule has 1 saturated heterocycles. The van der Waals surface area contributed by atoms with Crippen LogP contribution < -0.4 is 9.47 Å². The molecular formula is C22H27FN2O3. The van der Waals surface area contributed by atoms with Crippen LogP contribution in [-0.2, 0) is 11.3 Å². The largest absolute Gasteiger partial charge is 0.497 e. The van der Waals surface area contributed by atoms with Crippen molar-refractivity contribution in [2.75, 3.05) is 34.4 Å². The number of amides is 1. The molecule has 0 bridgehead atoms. The van der Waals surface area contributed by atoms with Crippen molar-refractivity contribution in [1.82, 2.24) is 9.80 Å². The van der Waals surface area contributed by atoms with Gasteiger partial charge in [0.2, 0.25) is 5.91 Å². The summed E-state index contributed by atoms with van der Waals surface area (Å²) in [6.45, 7) is 1.68. The maximum atomic E-state index is 13.1. The molecule has 1 heterocycles. The minimum atomic E-state index is -0.272. The molecule has 2 aromatic rings. The first-order chi connectivity index (χ1) is 13.5. The van der Waals surface area contributed by atoms with Gasteiger partial charge in [-0.2, -0.15) is 0 Å². The Labute approximate surface area is 165 Å². The summed E-state index contributed by atoms with van der Waals surface area (Å²) < 4.78 is 23.9. The Morgan fingerprint density at radius 1 is 1.18 bits per heavy atom. The van der Waals surface area contributed by atoms with Gasteiger partial charge in [0, 0.05) is 31.3 Å². The van der Waals surface area contributed by atoms with Crippen molar-refractivity contribution in [2.45, 2.75) is 25.4 Å². The summed E-state index contributed by atoms with van der Waals surface area (Å²) in [5, 5.41) is 0. The van der Waals surface area contributed by atoms with E-state index in [0.717, 1.165) is 42.0 Å². The highest BCUT2D eigenvalue weighted by molar-refractivity contribution is 5.78. The van der Waals surface area contributed by atoms with E-state index in [0.29, 0.717) is 13.1 Å². The van der Waals surface area contributed by atoms with E-state index in [1.54, 1.807) is 38.3 Å². The van der Waals surface area contributed by atoms with E-state index in [4.69, 9.17) is 9.47 Å². The van der Waals surface area contributed by atoms with Gasteiger partial charge in [-0.3, -0.25) is 9.69 Å². The lowest BCUT2D eigenvalue weighted by Crippen LogP contribution is -2.37. The number of carbonyl (C=O) groups excluding carboxylic acids is 1. The van der Waals surface area contributed by atoms with Gasteiger partial charge in [0.05, 0.1) is 20.8 Å². The number of nitrogens with zero attached hydrogens (tertiary/aromatic N) is 2. The van der Waals surface area contributed by atoms with E-state index in [9.17, 15) is 9.18 Å². The standard InChI is InChI=1S/C22H27FN2O3/c1-24(14-16-6-8-17(23)9-7-16)22(26)15-25-12-4-5-20(25)19-11-10-18(27-2)13-21(19)28-3/h6-11,13,20H,4-5,12,14-15H2,1-3H3/t20-/m0/s1. The maximum Gasteiger partial charge on any atom is 0.236 e. The number of hydrogen-bond acceptors (Lipinski definition) is 4. The van der Waals surface area contributed by atoms with Gasteiger partial charge < -0.3 is 14.4 Å². The minimum absolute atomic E-state index is 0.0451. The van der Waals surface area contributed by atoms with Crippen molar-refractivity contribution < 1.29 is 18.7 Å². The predicted octanol–water partition coefficient (Wildman–Crippen LogP) is 3.64. The zero-order valence-electron chi connectivity index (χ0n) is 16.7. The van der Waals surface area contributed by atoms with E-state index in [-0.39, 0.29) is 17.8 Å². The van der Waals surface area contributed by atoms with Crippen LogP contribution in [0, 0.1) is 5.82 Å². The number of ether oxygens (including phenoxy) is 2. The summed E-state index contributed by atoms with van der Waals surface area (Å²) in [7, 11) is 5.07. The Bertz CT molecular complexity index is 810. The van der Waals surface area contributed by atoms with Gasteiger partial charge in [0.15, 0.2) is 0 Å². The number of hydrogen-bond donors (Lipinski definition) is 0. The van der Waals surface area contributed by atoms with Gasteiger partial charge in [-0.1, -0.05) is 18.2 Å². The monoisotopic (exact) mass is 386 g/mol. The summed E-state index contributed by atoms with van der Waals surface area (Å²) in [6, 6.07) is 12.2. The molecule has 6 heteroatoms. The highest BCUT2D eigenvalue weighted by Crippen LogP contribution is 2.38. The average molecular weight is 386 g/mol. The summed E-state index contributed by atoms with van der Waals surface area (Å²) in [6.07, 6.45) is 2.02. The van der Waals surface area contributed by atoms with Crippen molar-refractivity contribution in [1.29, 1.82) is 0 Å². The summed E-state index contributed by atoms with van der Waals surface area (Å²) >= 11 is 0. The molecule has 0 spiro atoms. The molecular weight excluding hydrogens is 359 g/mol. The van der Waals surface area contributed by atoms with Crippen LogP contribution in [0.1, 0.15) is 30.0 Å². The van der Waals surface area contributed by atoms with Crippen LogP contribution >= 0.6 is 0 Å². The van der Waals surface area contributed by atoms with Crippen molar-refractivity contribution >= 4 is 5.91 Å². The molecule has 1 aliphatic rings. The third-order valence-electron chi connectivity index (χ3n) is 5.26. The molecule has 1 atom stereocenters. The Hall–Kier alpha value is -2.60. The normalized spacial score (nSPS) is 16.8. The van der Waals surface area contributed by atoms with Crippen LogP contribution in [0.2, 0.25) is 0 Å². The number of likely N-dealkylation sites (N-methyl/N-ethyl adjacent to an activating group) is 1. The van der Waals surface area contributed by atoms with Crippen LogP contribution in [0.4, 0.5) is 4.39 Å². The predicted molar refractivity (Wildman–Crippen MR) is 106 cm³/mol. The van der Waals surface area contributed by atoms with Crippen molar-refractivity contribution in [3.63, 3.8) is 0 Å². The van der Waals surface area contributed by atoms with E-state index in [2.05, 4.69) is 4.90 Å². The fourth-order valence-electron chi connectivity index (χ4n) is 3.71.